The summed E-state index contributed by atoms with van der Waals surface area (Å²) in [5.41, 5.74) is 1.25. The lowest BCUT2D eigenvalue weighted by Crippen LogP contribution is -2.36. The number of amides is 1. The SMILES string of the molecule is CCN(CC)C(=O)c1cn([C@@H]2CCCN(Cc3ccc(OC(F)(F)F)cc3)C2)nn1. The standard InChI is InChI=1S/C20H26F3N5O2/c1-3-27(4-2)19(29)18-14-28(25-24-18)16-6-5-11-26(13-16)12-15-7-9-17(10-8-15)30-20(21,22)23/h7-10,14,16H,3-6,11-13H2,1-2H3/t16-/m1/s1. The highest BCUT2D eigenvalue weighted by atomic mass is 19.4. The van der Waals surface area contributed by atoms with Gasteiger partial charge in [-0.2, -0.15) is 0 Å². The number of ether oxygens (including phenoxy) is 1. The number of hydrogen-bond donors (Lipinski definition) is 0. The number of likely N-dealkylation sites (tertiary alicyclic amines) is 1. The van der Waals surface area contributed by atoms with Crippen LogP contribution in [0.4, 0.5) is 13.2 Å². The minimum absolute atomic E-state index is 0.0948. The summed E-state index contributed by atoms with van der Waals surface area (Å²) in [4.78, 5) is 16.4. The van der Waals surface area contributed by atoms with Crippen molar-refractivity contribution in [2.75, 3.05) is 26.2 Å². The molecule has 7 nitrogen and oxygen atoms in total. The van der Waals surface area contributed by atoms with Crippen molar-refractivity contribution in [1.29, 1.82) is 0 Å². The maximum Gasteiger partial charge on any atom is 0.573 e. The third-order valence-corrected chi connectivity index (χ3v) is 5.20. The Labute approximate surface area is 173 Å². The molecule has 0 N–H and O–H groups in total. The molecule has 0 spiro atoms. The van der Waals surface area contributed by atoms with Gasteiger partial charge in [-0.05, 0) is 50.9 Å². The molecule has 0 unspecified atom stereocenters. The maximum absolute atomic E-state index is 12.4. The molecule has 0 radical (unpaired) electrons. The van der Waals surface area contributed by atoms with Crippen molar-refractivity contribution >= 4 is 5.91 Å². The molecule has 1 aliphatic heterocycles. The van der Waals surface area contributed by atoms with E-state index in [1.807, 2.05) is 13.8 Å². The second kappa shape index (κ2) is 9.46. The third kappa shape index (κ3) is 5.71. The van der Waals surface area contributed by atoms with E-state index in [9.17, 15) is 18.0 Å². The molecule has 164 valence electrons. The summed E-state index contributed by atoms with van der Waals surface area (Å²) in [6, 6.07) is 6.03. The average Bonchev–Trinajstić information content (AvgIpc) is 3.20. The molecule has 10 heteroatoms. The van der Waals surface area contributed by atoms with Gasteiger partial charge in [0.05, 0.1) is 12.2 Å². The molecule has 0 saturated carbocycles. The van der Waals surface area contributed by atoms with Crippen LogP contribution in [0.5, 0.6) is 5.75 Å². The monoisotopic (exact) mass is 425 g/mol. The molecule has 2 aromatic rings. The van der Waals surface area contributed by atoms with Crippen LogP contribution in [0.25, 0.3) is 0 Å². The average molecular weight is 425 g/mol. The number of carbonyl (C=O) groups is 1. The predicted octanol–water partition coefficient (Wildman–Crippen LogP) is 3.50. The number of aromatic nitrogens is 3. The molecule has 2 heterocycles. The van der Waals surface area contributed by atoms with Gasteiger partial charge in [-0.25, -0.2) is 4.68 Å². The molecule has 1 aromatic heterocycles. The van der Waals surface area contributed by atoms with Crippen LogP contribution in [-0.4, -0.2) is 63.2 Å². The van der Waals surface area contributed by atoms with E-state index in [0.717, 1.165) is 31.5 Å². The third-order valence-electron chi connectivity index (χ3n) is 5.20. The van der Waals surface area contributed by atoms with Gasteiger partial charge in [-0.1, -0.05) is 17.3 Å². The van der Waals surface area contributed by atoms with Gasteiger partial charge in [0.15, 0.2) is 5.69 Å². The van der Waals surface area contributed by atoms with Gasteiger partial charge in [0, 0.05) is 26.2 Å². The zero-order valence-electron chi connectivity index (χ0n) is 17.1. The fraction of sp³-hybridized carbons (Fsp3) is 0.550. The van der Waals surface area contributed by atoms with Crippen molar-refractivity contribution in [2.45, 2.75) is 45.6 Å². The van der Waals surface area contributed by atoms with E-state index in [0.29, 0.717) is 25.3 Å². The van der Waals surface area contributed by atoms with E-state index in [4.69, 9.17) is 0 Å². The second-order valence-corrected chi connectivity index (χ2v) is 7.28. The predicted molar refractivity (Wildman–Crippen MR) is 104 cm³/mol. The Kier molecular flexibility index (Phi) is 6.96. The highest BCUT2D eigenvalue weighted by Crippen LogP contribution is 2.25. The lowest BCUT2D eigenvalue weighted by atomic mass is 10.0. The number of halogens is 3. The molecule has 1 aromatic carbocycles. The van der Waals surface area contributed by atoms with E-state index in [2.05, 4.69) is 19.9 Å². The van der Waals surface area contributed by atoms with Crippen LogP contribution in [0.1, 0.15) is 48.8 Å². The summed E-state index contributed by atoms with van der Waals surface area (Å²) in [5.74, 6) is -0.351. The number of nitrogens with zero attached hydrogens (tertiary/aromatic N) is 5. The van der Waals surface area contributed by atoms with Crippen molar-refractivity contribution in [3.8, 4) is 5.75 Å². The van der Waals surface area contributed by atoms with Gasteiger partial charge < -0.3 is 9.64 Å². The second-order valence-electron chi connectivity index (χ2n) is 7.28. The van der Waals surface area contributed by atoms with Crippen molar-refractivity contribution in [3.05, 3.63) is 41.7 Å². The van der Waals surface area contributed by atoms with E-state index < -0.39 is 6.36 Å². The zero-order chi connectivity index (χ0) is 21.7. The number of piperidine rings is 1. The first-order valence-corrected chi connectivity index (χ1v) is 10.1. The first-order valence-electron chi connectivity index (χ1n) is 10.1. The number of alkyl halides is 3. The number of hydrogen-bond acceptors (Lipinski definition) is 5. The van der Waals surface area contributed by atoms with Crippen LogP contribution in [0, 0.1) is 0 Å². The minimum Gasteiger partial charge on any atom is -0.406 e. The lowest BCUT2D eigenvalue weighted by Gasteiger charge is -2.32. The molecule has 1 fully saturated rings. The van der Waals surface area contributed by atoms with Gasteiger partial charge in [0.1, 0.15) is 5.75 Å². The van der Waals surface area contributed by atoms with Crippen LogP contribution in [0.2, 0.25) is 0 Å². The molecule has 1 saturated heterocycles. The fourth-order valence-electron chi connectivity index (χ4n) is 3.67. The number of rotatable bonds is 7. The van der Waals surface area contributed by atoms with E-state index in [1.54, 1.807) is 27.9 Å². The largest absolute Gasteiger partial charge is 0.573 e. The Bertz CT molecular complexity index is 834. The molecule has 30 heavy (non-hydrogen) atoms. The Morgan fingerprint density at radius 1 is 1.23 bits per heavy atom. The maximum atomic E-state index is 12.4. The minimum atomic E-state index is -4.69. The molecular formula is C20H26F3N5O2. The Hall–Kier alpha value is -2.62. The van der Waals surface area contributed by atoms with E-state index >= 15 is 0 Å². The summed E-state index contributed by atoms with van der Waals surface area (Å²) in [6.45, 7) is 7.31. The van der Waals surface area contributed by atoms with Crippen molar-refractivity contribution < 1.29 is 22.7 Å². The highest BCUT2D eigenvalue weighted by Gasteiger charge is 2.31. The number of benzene rings is 1. The van der Waals surface area contributed by atoms with Gasteiger partial charge in [0.25, 0.3) is 5.91 Å². The molecule has 1 atom stereocenters. The van der Waals surface area contributed by atoms with Crippen LogP contribution >= 0.6 is 0 Å². The van der Waals surface area contributed by atoms with Gasteiger partial charge >= 0.3 is 6.36 Å². The number of carbonyl (C=O) groups excluding carboxylic acids is 1. The Morgan fingerprint density at radius 3 is 2.57 bits per heavy atom. The van der Waals surface area contributed by atoms with Crippen LogP contribution in [-0.2, 0) is 6.54 Å². The summed E-state index contributed by atoms with van der Waals surface area (Å²) in [5, 5.41) is 8.22. The molecule has 3 rings (SSSR count). The Balaban J connectivity index is 1.60. The molecule has 0 aliphatic carbocycles. The summed E-state index contributed by atoms with van der Waals surface area (Å²) in [7, 11) is 0. The smallest absolute Gasteiger partial charge is 0.406 e. The first-order chi connectivity index (χ1) is 14.3. The van der Waals surface area contributed by atoms with Gasteiger partial charge in [-0.15, -0.1) is 18.3 Å². The zero-order valence-corrected chi connectivity index (χ0v) is 17.1. The summed E-state index contributed by atoms with van der Waals surface area (Å²) < 4.78 is 42.5. The Morgan fingerprint density at radius 2 is 1.93 bits per heavy atom. The van der Waals surface area contributed by atoms with Crippen LogP contribution < -0.4 is 4.74 Å². The fourth-order valence-corrected chi connectivity index (χ4v) is 3.67. The van der Waals surface area contributed by atoms with Crippen molar-refractivity contribution in [2.24, 2.45) is 0 Å². The van der Waals surface area contributed by atoms with Crippen molar-refractivity contribution in [1.82, 2.24) is 24.8 Å². The normalized spacial score (nSPS) is 17.7. The van der Waals surface area contributed by atoms with Crippen LogP contribution in [0.3, 0.4) is 0 Å². The topological polar surface area (TPSA) is 63.5 Å². The lowest BCUT2D eigenvalue weighted by molar-refractivity contribution is -0.274. The molecule has 1 amide bonds. The molecular weight excluding hydrogens is 399 g/mol. The quantitative estimate of drug-likeness (QED) is 0.680. The van der Waals surface area contributed by atoms with E-state index in [-0.39, 0.29) is 17.7 Å². The molecule has 0 bridgehead atoms. The highest BCUT2D eigenvalue weighted by molar-refractivity contribution is 5.91. The van der Waals surface area contributed by atoms with E-state index in [1.165, 1.54) is 12.1 Å². The van der Waals surface area contributed by atoms with Gasteiger partial charge in [0.2, 0.25) is 0 Å². The summed E-state index contributed by atoms with van der Waals surface area (Å²) >= 11 is 0. The van der Waals surface area contributed by atoms with Crippen molar-refractivity contribution in [3.63, 3.8) is 0 Å². The first kappa shape index (κ1) is 22.1. The van der Waals surface area contributed by atoms with Crippen LogP contribution in [0.15, 0.2) is 30.5 Å². The molecule has 1 aliphatic rings. The summed E-state index contributed by atoms with van der Waals surface area (Å²) in [6.07, 6.45) is -1.10. The van der Waals surface area contributed by atoms with Gasteiger partial charge in [-0.3, -0.25) is 9.69 Å².